The first-order valence-electron chi connectivity index (χ1n) is 5.66. The molecule has 1 N–H and O–H groups in total. The van der Waals surface area contributed by atoms with E-state index in [1.807, 2.05) is 0 Å². The average molecular weight is 274 g/mol. The highest BCUT2D eigenvalue weighted by molar-refractivity contribution is 6.34. The maximum Gasteiger partial charge on any atom is 0.254 e. The lowest BCUT2D eigenvalue weighted by atomic mass is 9.95. The summed E-state index contributed by atoms with van der Waals surface area (Å²) in [6.45, 7) is 0. The van der Waals surface area contributed by atoms with Crippen LogP contribution in [0.15, 0.2) is 6.07 Å². The summed E-state index contributed by atoms with van der Waals surface area (Å²) >= 11 is 11.5. The SMILES string of the molecule is O=C(NC1CCCCC1)c1cc(Cl)nnc1Cl. The molecule has 1 amide bonds. The van der Waals surface area contributed by atoms with E-state index in [1.165, 1.54) is 12.5 Å². The second-order valence-corrected chi connectivity index (χ2v) is 4.93. The topological polar surface area (TPSA) is 54.9 Å². The van der Waals surface area contributed by atoms with E-state index in [2.05, 4.69) is 15.5 Å². The lowest BCUT2D eigenvalue weighted by Crippen LogP contribution is -2.36. The van der Waals surface area contributed by atoms with Crippen LogP contribution in [0.5, 0.6) is 0 Å². The molecule has 0 atom stereocenters. The molecule has 0 radical (unpaired) electrons. The van der Waals surface area contributed by atoms with Crippen LogP contribution in [0, 0.1) is 0 Å². The minimum atomic E-state index is -0.223. The van der Waals surface area contributed by atoms with Gasteiger partial charge in [-0.1, -0.05) is 42.5 Å². The largest absolute Gasteiger partial charge is 0.349 e. The predicted octanol–water partition coefficient (Wildman–Crippen LogP) is 2.85. The minimum absolute atomic E-state index is 0.0858. The number of aromatic nitrogens is 2. The lowest BCUT2D eigenvalue weighted by Gasteiger charge is -2.22. The number of hydrogen-bond donors (Lipinski definition) is 1. The highest BCUT2D eigenvalue weighted by Gasteiger charge is 2.19. The summed E-state index contributed by atoms with van der Waals surface area (Å²) < 4.78 is 0. The Morgan fingerprint density at radius 1 is 1.24 bits per heavy atom. The molecule has 1 fully saturated rings. The highest BCUT2D eigenvalue weighted by Crippen LogP contribution is 2.19. The van der Waals surface area contributed by atoms with Crippen molar-refractivity contribution in [2.24, 2.45) is 0 Å². The molecule has 17 heavy (non-hydrogen) atoms. The Balaban J connectivity index is 2.05. The first-order chi connectivity index (χ1) is 8.16. The zero-order chi connectivity index (χ0) is 12.3. The molecule has 4 nitrogen and oxygen atoms in total. The smallest absolute Gasteiger partial charge is 0.254 e. The minimum Gasteiger partial charge on any atom is -0.349 e. The summed E-state index contributed by atoms with van der Waals surface area (Å²) in [4.78, 5) is 12.0. The standard InChI is InChI=1S/C11H13Cl2N3O/c12-9-6-8(10(13)16-15-9)11(17)14-7-4-2-1-3-5-7/h6-7H,1-5H2,(H,14,17). The molecule has 1 aromatic rings. The number of rotatable bonds is 2. The first-order valence-corrected chi connectivity index (χ1v) is 6.42. The Labute approximate surface area is 110 Å². The van der Waals surface area contributed by atoms with Crippen LogP contribution in [0.2, 0.25) is 10.3 Å². The summed E-state index contributed by atoms with van der Waals surface area (Å²) in [7, 11) is 0. The van der Waals surface area contributed by atoms with Gasteiger partial charge in [-0.25, -0.2) is 0 Å². The molecule has 0 bridgehead atoms. The van der Waals surface area contributed by atoms with E-state index < -0.39 is 0 Å². The molecule has 1 aliphatic rings. The van der Waals surface area contributed by atoms with E-state index in [1.54, 1.807) is 0 Å². The highest BCUT2D eigenvalue weighted by atomic mass is 35.5. The molecule has 0 spiro atoms. The Bertz CT molecular complexity index is 419. The van der Waals surface area contributed by atoms with Gasteiger partial charge >= 0.3 is 0 Å². The summed E-state index contributed by atoms with van der Waals surface area (Å²) in [5.41, 5.74) is 0.289. The van der Waals surface area contributed by atoms with Gasteiger partial charge in [-0.15, -0.1) is 10.2 Å². The molecule has 0 aromatic carbocycles. The normalized spacial score (nSPS) is 16.8. The van der Waals surface area contributed by atoms with Crippen molar-refractivity contribution in [2.45, 2.75) is 38.1 Å². The number of carbonyl (C=O) groups excluding carboxylic acids is 1. The van der Waals surface area contributed by atoms with Crippen molar-refractivity contribution in [2.75, 3.05) is 0 Å². The Kier molecular flexibility index (Phi) is 4.18. The monoisotopic (exact) mass is 273 g/mol. The molecule has 1 saturated carbocycles. The van der Waals surface area contributed by atoms with Crippen molar-refractivity contribution < 1.29 is 4.79 Å². The molecule has 6 heteroatoms. The molecule has 0 unspecified atom stereocenters. The van der Waals surface area contributed by atoms with Crippen molar-refractivity contribution in [1.29, 1.82) is 0 Å². The third kappa shape index (κ3) is 3.30. The van der Waals surface area contributed by atoms with Gasteiger partial charge in [0.1, 0.15) is 0 Å². The van der Waals surface area contributed by atoms with Crippen LogP contribution in [-0.2, 0) is 0 Å². The van der Waals surface area contributed by atoms with Crippen LogP contribution >= 0.6 is 23.2 Å². The van der Waals surface area contributed by atoms with Crippen LogP contribution < -0.4 is 5.32 Å². The lowest BCUT2D eigenvalue weighted by molar-refractivity contribution is 0.0927. The molecule has 1 aliphatic carbocycles. The molecular formula is C11H13Cl2N3O. The molecule has 92 valence electrons. The number of nitrogens with one attached hydrogen (secondary N) is 1. The molecule has 2 rings (SSSR count). The van der Waals surface area contributed by atoms with Gasteiger partial charge in [-0.2, -0.15) is 0 Å². The third-order valence-electron chi connectivity index (χ3n) is 2.90. The summed E-state index contributed by atoms with van der Waals surface area (Å²) in [6.07, 6.45) is 5.61. The molecule has 0 aliphatic heterocycles. The zero-order valence-corrected chi connectivity index (χ0v) is 10.8. The molecule has 1 heterocycles. The van der Waals surface area contributed by atoms with Gasteiger partial charge in [0.15, 0.2) is 10.3 Å². The number of hydrogen-bond acceptors (Lipinski definition) is 3. The van der Waals surface area contributed by atoms with E-state index in [4.69, 9.17) is 23.2 Å². The first kappa shape index (κ1) is 12.6. The van der Waals surface area contributed by atoms with Crippen molar-refractivity contribution in [3.8, 4) is 0 Å². The van der Waals surface area contributed by atoms with Crippen molar-refractivity contribution in [1.82, 2.24) is 15.5 Å². The Morgan fingerprint density at radius 3 is 2.65 bits per heavy atom. The fraction of sp³-hybridized carbons (Fsp3) is 0.545. The summed E-state index contributed by atoms with van der Waals surface area (Å²) in [5, 5.41) is 10.4. The van der Waals surface area contributed by atoms with Crippen LogP contribution in [0.3, 0.4) is 0 Å². The van der Waals surface area contributed by atoms with Gasteiger partial charge in [0, 0.05) is 6.04 Å². The maximum atomic E-state index is 12.0. The summed E-state index contributed by atoms with van der Waals surface area (Å²) in [6, 6.07) is 1.67. The van der Waals surface area contributed by atoms with E-state index in [-0.39, 0.29) is 27.8 Å². The number of amides is 1. The zero-order valence-electron chi connectivity index (χ0n) is 9.25. The van der Waals surface area contributed by atoms with E-state index >= 15 is 0 Å². The molecule has 0 saturated heterocycles. The fourth-order valence-electron chi connectivity index (χ4n) is 2.02. The van der Waals surface area contributed by atoms with Crippen LogP contribution in [0.25, 0.3) is 0 Å². The van der Waals surface area contributed by atoms with E-state index in [0.717, 1.165) is 25.7 Å². The average Bonchev–Trinajstić information content (AvgIpc) is 2.33. The Hall–Kier alpha value is -0.870. The van der Waals surface area contributed by atoms with Crippen LogP contribution in [-0.4, -0.2) is 22.1 Å². The molecule has 1 aromatic heterocycles. The van der Waals surface area contributed by atoms with Crippen LogP contribution in [0.1, 0.15) is 42.5 Å². The predicted molar refractivity (Wildman–Crippen MR) is 66.4 cm³/mol. The van der Waals surface area contributed by atoms with Gasteiger partial charge in [0.25, 0.3) is 5.91 Å². The second-order valence-electron chi connectivity index (χ2n) is 4.18. The third-order valence-corrected chi connectivity index (χ3v) is 3.37. The number of nitrogens with zero attached hydrogens (tertiary/aromatic N) is 2. The second kappa shape index (κ2) is 5.65. The number of carbonyl (C=O) groups is 1. The van der Waals surface area contributed by atoms with Crippen molar-refractivity contribution in [3.05, 3.63) is 21.9 Å². The number of halogens is 2. The van der Waals surface area contributed by atoms with Crippen molar-refractivity contribution in [3.63, 3.8) is 0 Å². The molecular weight excluding hydrogens is 261 g/mol. The van der Waals surface area contributed by atoms with Crippen molar-refractivity contribution >= 4 is 29.1 Å². The maximum absolute atomic E-state index is 12.0. The quantitative estimate of drug-likeness (QED) is 0.902. The van der Waals surface area contributed by atoms with E-state index in [9.17, 15) is 4.79 Å². The fourth-order valence-corrected chi connectivity index (χ4v) is 2.35. The van der Waals surface area contributed by atoms with E-state index in [0.29, 0.717) is 0 Å². The summed E-state index contributed by atoms with van der Waals surface area (Å²) in [5.74, 6) is -0.223. The van der Waals surface area contributed by atoms with Gasteiger partial charge in [-0.05, 0) is 18.9 Å². The van der Waals surface area contributed by atoms with Crippen LogP contribution in [0.4, 0.5) is 0 Å². The van der Waals surface area contributed by atoms with Gasteiger partial charge in [-0.3, -0.25) is 4.79 Å². The van der Waals surface area contributed by atoms with Gasteiger partial charge in [0.05, 0.1) is 5.56 Å². The van der Waals surface area contributed by atoms with Gasteiger partial charge < -0.3 is 5.32 Å². The Morgan fingerprint density at radius 2 is 1.94 bits per heavy atom. The van der Waals surface area contributed by atoms with Gasteiger partial charge in [0.2, 0.25) is 0 Å².